The highest BCUT2D eigenvalue weighted by Crippen LogP contribution is 2.22. The summed E-state index contributed by atoms with van der Waals surface area (Å²) in [5.74, 6) is 0.651. The molecular weight excluding hydrogens is 346 g/mol. The Labute approximate surface area is 137 Å². The molecule has 0 N–H and O–H groups in total. The van der Waals surface area contributed by atoms with Crippen molar-refractivity contribution in [1.82, 2.24) is 14.9 Å². The van der Waals surface area contributed by atoms with Gasteiger partial charge in [0.15, 0.2) is 0 Å². The lowest BCUT2D eigenvalue weighted by Gasteiger charge is -2.32. The first-order valence-corrected chi connectivity index (χ1v) is 8.00. The fraction of sp³-hybridized carbons (Fsp3) is 0.312. The fourth-order valence-corrected chi connectivity index (χ4v) is 2.96. The van der Waals surface area contributed by atoms with Gasteiger partial charge in [-0.1, -0.05) is 12.1 Å². The van der Waals surface area contributed by atoms with Crippen molar-refractivity contribution in [2.75, 3.05) is 13.1 Å². The normalized spacial score (nSPS) is 15.6. The number of hydrogen-bond acceptors (Lipinski definition) is 4. The minimum Gasteiger partial charge on any atom is -0.474 e. The number of likely N-dealkylation sites (tertiary alicyclic amines) is 1. The number of nitrogens with zero attached hydrogens (tertiary/aromatic N) is 3. The van der Waals surface area contributed by atoms with Crippen LogP contribution in [0.3, 0.4) is 0 Å². The maximum atomic E-state index is 12.5. The van der Waals surface area contributed by atoms with Crippen LogP contribution in [-0.4, -0.2) is 40.0 Å². The van der Waals surface area contributed by atoms with Crippen molar-refractivity contribution >= 4 is 21.8 Å². The standard InChI is InChI=1S/C16H16BrN3O2/c17-14-4-2-1-3-13(14)16(21)20-9-6-12(7-10-20)22-15-5-8-18-11-19-15/h1-5,8,11-12H,6-7,9-10H2. The molecule has 0 spiro atoms. The van der Waals surface area contributed by atoms with Crippen molar-refractivity contribution < 1.29 is 9.53 Å². The van der Waals surface area contributed by atoms with Gasteiger partial charge in [0.1, 0.15) is 12.4 Å². The number of piperidine rings is 1. The first-order chi connectivity index (χ1) is 10.7. The predicted octanol–water partition coefficient (Wildman–Crippen LogP) is 2.92. The third kappa shape index (κ3) is 3.44. The minimum absolute atomic E-state index is 0.0629. The SMILES string of the molecule is O=C(c1ccccc1Br)N1CCC(Oc2ccncn2)CC1. The molecule has 0 saturated carbocycles. The van der Waals surface area contributed by atoms with Crippen LogP contribution in [0.4, 0.5) is 0 Å². The van der Waals surface area contributed by atoms with E-state index in [1.165, 1.54) is 6.33 Å². The Bertz CT molecular complexity index is 643. The van der Waals surface area contributed by atoms with Crippen molar-refractivity contribution in [2.45, 2.75) is 18.9 Å². The number of carbonyl (C=O) groups excluding carboxylic acids is 1. The second-order valence-corrected chi connectivity index (χ2v) is 5.99. The first-order valence-electron chi connectivity index (χ1n) is 7.20. The monoisotopic (exact) mass is 361 g/mol. The highest BCUT2D eigenvalue weighted by molar-refractivity contribution is 9.10. The molecule has 114 valence electrons. The molecule has 0 unspecified atom stereocenters. The van der Waals surface area contributed by atoms with Gasteiger partial charge in [0.25, 0.3) is 5.91 Å². The van der Waals surface area contributed by atoms with Crippen LogP contribution >= 0.6 is 15.9 Å². The van der Waals surface area contributed by atoms with Crippen LogP contribution in [0, 0.1) is 0 Å². The van der Waals surface area contributed by atoms with Crippen molar-refractivity contribution in [3.8, 4) is 5.88 Å². The molecule has 3 rings (SSSR count). The molecule has 2 heterocycles. The maximum Gasteiger partial charge on any atom is 0.255 e. The van der Waals surface area contributed by atoms with Crippen LogP contribution in [0.2, 0.25) is 0 Å². The van der Waals surface area contributed by atoms with Gasteiger partial charge in [0.2, 0.25) is 5.88 Å². The molecule has 0 radical (unpaired) electrons. The molecule has 1 saturated heterocycles. The highest BCUT2D eigenvalue weighted by Gasteiger charge is 2.25. The van der Waals surface area contributed by atoms with Gasteiger partial charge < -0.3 is 9.64 Å². The maximum absolute atomic E-state index is 12.5. The summed E-state index contributed by atoms with van der Waals surface area (Å²) < 4.78 is 6.65. The van der Waals surface area contributed by atoms with Gasteiger partial charge in [0, 0.05) is 42.7 Å². The lowest BCUT2D eigenvalue weighted by molar-refractivity contribution is 0.0587. The Balaban J connectivity index is 1.58. The van der Waals surface area contributed by atoms with Crippen LogP contribution in [0.1, 0.15) is 23.2 Å². The summed E-state index contributed by atoms with van der Waals surface area (Å²) in [4.78, 5) is 22.3. The Morgan fingerprint density at radius 2 is 2.00 bits per heavy atom. The average molecular weight is 362 g/mol. The number of rotatable bonds is 3. The van der Waals surface area contributed by atoms with Crippen LogP contribution in [0.25, 0.3) is 0 Å². The molecule has 0 bridgehead atoms. The summed E-state index contributed by atoms with van der Waals surface area (Å²) in [7, 11) is 0. The van der Waals surface area contributed by atoms with E-state index >= 15 is 0 Å². The zero-order valence-corrected chi connectivity index (χ0v) is 13.6. The Hall–Kier alpha value is -1.95. The summed E-state index contributed by atoms with van der Waals surface area (Å²) >= 11 is 3.43. The van der Waals surface area contributed by atoms with Gasteiger partial charge in [-0.25, -0.2) is 9.97 Å². The van der Waals surface area contributed by atoms with Crippen molar-refractivity contribution in [1.29, 1.82) is 0 Å². The second-order valence-electron chi connectivity index (χ2n) is 5.14. The zero-order chi connectivity index (χ0) is 15.4. The number of carbonyl (C=O) groups is 1. The molecule has 1 aromatic heterocycles. The van der Waals surface area contributed by atoms with Crippen LogP contribution in [0.5, 0.6) is 5.88 Å². The largest absolute Gasteiger partial charge is 0.474 e. The first kappa shape index (κ1) is 15.0. The number of halogens is 1. The molecule has 1 amide bonds. The smallest absolute Gasteiger partial charge is 0.255 e. The van der Waals surface area contributed by atoms with Gasteiger partial charge >= 0.3 is 0 Å². The summed E-state index contributed by atoms with van der Waals surface area (Å²) in [6.45, 7) is 1.38. The summed E-state index contributed by atoms with van der Waals surface area (Å²) in [6, 6.07) is 9.26. The third-order valence-electron chi connectivity index (χ3n) is 3.68. The van der Waals surface area contributed by atoms with Crippen LogP contribution in [0.15, 0.2) is 47.3 Å². The quantitative estimate of drug-likeness (QED) is 0.843. The second kappa shape index (κ2) is 6.87. The number of aromatic nitrogens is 2. The van der Waals surface area contributed by atoms with Crippen molar-refractivity contribution in [2.24, 2.45) is 0 Å². The molecule has 5 nitrogen and oxygen atoms in total. The van der Waals surface area contributed by atoms with E-state index in [0.29, 0.717) is 24.5 Å². The van der Waals surface area contributed by atoms with Gasteiger partial charge in [-0.2, -0.15) is 0 Å². The Morgan fingerprint density at radius 3 is 2.68 bits per heavy atom. The Kier molecular flexibility index (Phi) is 4.68. The molecule has 0 aliphatic carbocycles. The molecule has 1 aliphatic heterocycles. The van der Waals surface area contributed by atoms with E-state index in [0.717, 1.165) is 17.3 Å². The van der Waals surface area contributed by atoms with Gasteiger partial charge in [-0.15, -0.1) is 0 Å². The molecular formula is C16H16BrN3O2. The number of ether oxygens (including phenoxy) is 1. The van der Waals surface area contributed by atoms with Crippen molar-refractivity contribution in [3.05, 3.63) is 52.9 Å². The van der Waals surface area contributed by atoms with Crippen molar-refractivity contribution in [3.63, 3.8) is 0 Å². The van der Waals surface area contributed by atoms with E-state index in [2.05, 4.69) is 25.9 Å². The lowest BCUT2D eigenvalue weighted by Crippen LogP contribution is -2.42. The summed E-state index contributed by atoms with van der Waals surface area (Å²) in [5, 5.41) is 0. The number of benzene rings is 1. The van der Waals surface area contributed by atoms with Gasteiger partial charge in [-0.05, 0) is 28.1 Å². The highest BCUT2D eigenvalue weighted by atomic mass is 79.9. The van der Waals surface area contributed by atoms with E-state index in [9.17, 15) is 4.79 Å². The molecule has 22 heavy (non-hydrogen) atoms. The summed E-state index contributed by atoms with van der Waals surface area (Å²) in [5.41, 5.74) is 0.706. The third-order valence-corrected chi connectivity index (χ3v) is 4.37. The Morgan fingerprint density at radius 1 is 1.23 bits per heavy atom. The lowest BCUT2D eigenvalue weighted by atomic mass is 10.1. The number of amides is 1. The van der Waals surface area contributed by atoms with Gasteiger partial charge in [-0.3, -0.25) is 4.79 Å². The van der Waals surface area contributed by atoms with Crippen LogP contribution in [-0.2, 0) is 0 Å². The number of hydrogen-bond donors (Lipinski definition) is 0. The van der Waals surface area contributed by atoms with E-state index in [1.807, 2.05) is 29.2 Å². The molecule has 1 aliphatic rings. The molecule has 2 aromatic rings. The molecule has 6 heteroatoms. The topological polar surface area (TPSA) is 55.3 Å². The zero-order valence-electron chi connectivity index (χ0n) is 12.0. The molecule has 1 fully saturated rings. The average Bonchev–Trinajstić information content (AvgIpc) is 2.56. The van der Waals surface area contributed by atoms with E-state index in [1.54, 1.807) is 12.3 Å². The van der Waals surface area contributed by atoms with E-state index in [4.69, 9.17) is 4.74 Å². The van der Waals surface area contributed by atoms with E-state index < -0.39 is 0 Å². The van der Waals surface area contributed by atoms with Gasteiger partial charge in [0.05, 0.1) is 5.56 Å². The fourth-order valence-electron chi connectivity index (χ4n) is 2.50. The molecule has 0 atom stereocenters. The summed E-state index contributed by atoms with van der Waals surface area (Å²) in [6.07, 6.45) is 4.84. The van der Waals surface area contributed by atoms with E-state index in [-0.39, 0.29) is 12.0 Å². The predicted molar refractivity (Wildman–Crippen MR) is 85.7 cm³/mol. The minimum atomic E-state index is 0.0629. The molecule has 1 aromatic carbocycles. The van der Waals surface area contributed by atoms with Crippen LogP contribution < -0.4 is 4.74 Å².